The minimum absolute atomic E-state index is 0.198. The standard InChI is InChI=1S/C12H14N6O2/c19-11-9-10(17-4-3-13-12(17)15-11)14-7-18(9)16-8-1-5-20-6-2-8/h3-4,7-8,16H,1-2,5-6H2,(H,13,15,19). The van der Waals surface area contributed by atoms with Crippen molar-refractivity contribution in [3.63, 3.8) is 0 Å². The third-order valence-electron chi connectivity index (χ3n) is 3.60. The summed E-state index contributed by atoms with van der Waals surface area (Å²) in [5.74, 6) is 0.499. The van der Waals surface area contributed by atoms with Crippen LogP contribution in [0, 0.1) is 0 Å². The van der Waals surface area contributed by atoms with Gasteiger partial charge in [-0.2, -0.15) is 0 Å². The van der Waals surface area contributed by atoms with Crippen molar-refractivity contribution in [3.05, 3.63) is 29.1 Å². The second-order valence-corrected chi connectivity index (χ2v) is 4.88. The summed E-state index contributed by atoms with van der Waals surface area (Å²) < 4.78 is 8.79. The zero-order chi connectivity index (χ0) is 13.5. The maximum atomic E-state index is 12.2. The molecule has 8 heteroatoms. The summed E-state index contributed by atoms with van der Waals surface area (Å²) in [5.41, 5.74) is 4.22. The lowest BCUT2D eigenvalue weighted by atomic mass is 10.1. The molecule has 0 bridgehead atoms. The molecule has 4 rings (SSSR count). The van der Waals surface area contributed by atoms with Crippen LogP contribution in [0.2, 0.25) is 0 Å². The molecule has 1 aliphatic heterocycles. The summed E-state index contributed by atoms with van der Waals surface area (Å²) in [6.45, 7) is 1.48. The van der Waals surface area contributed by atoms with Gasteiger partial charge in [0.15, 0.2) is 11.2 Å². The number of ether oxygens (including phenoxy) is 1. The molecule has 0 aliphatic carbocycles. The number of aromatic amines is 1. The Kier molecular flexibility index (Phi) is 2.49. The molecule has 8 nitrogen and oxygen atoms in total. The Bertz CT molecular complexity index is 810. The first-order valence-corrected chi connectivity index (χ1v) is 6.59. The molecule has 0 saturated carbocycles. The molecule has 1 aliphatic rings. The number of aromatic nitrogens is 5. The van der Waals surface area contributed by atoms with E-state index in [2.05, 4.69) is 20.4 Å². The Balaban J connectivity index is 1.81. The van der Waals surface area contributed by atoms with E-state index in [-0.39, 0.29) is 5.56 Å². The van der Waals surface area contributed by atoms with Crippen molar-refractivity contribution >= 4 is 16.9 Å². The summed E-state index contributed by atoms with van der Waals surface area (Å²) in [4.78, 5) is 23.3. The average Bonchev–Trinajstić information content (AvgIpc) is 3.07. The monoisotopic (exact) mass is 274 g/mol. The lowest BCUT2D eigenvalue weighted by Gasteiger charge is -2.24. The van der Waals surface area contributed by atoms with Crippen LogP contribution in [-0.2, 0) is 4.74 Å². The van der Waals surface area contributed by atoms with Crippen LogP contribution in [0.4, 0.5) is 0 Å². The Hall–Kier alpha value is -2.35. The van der Waals surface area contributed by atoms with E-state index in [0.717, 1.165) is 26.1 Å². The molecule has 104 valence electrons. The second kappa shape index (κ2) is 4.34. The van der Waals surface area contributed by atoms with E-state index in [0.29, 0.717) is 23.0 Å². The molecule has 3 aromatic heterocycles. The Morgan fingerprint density at radius 2 is 2.20 bits per heavy atom. The van der Waals surface area contributed by atoms with Crippen LogP contribution in [0.3, 0.4) is 0 Å². The minimum atomic E-state index is -0.198. The van der Waals surface area contributed by atoms with Crippen molar-refractivity contribution in [1.82, 2.24) is 24.0 Å². The molecule has 1 saturated heterocycles. The molecule has 0 amide bonds. The van der Waals surface area contributed by atoms with Crippen molar-refractivity contribution in [3.8, 4) is 0 Å². The molecule has 3 aromatic rings. The lowest BCUT2D eigenvalue weighted by molar-refractivity contribution is 0.0881. The maximum absolute atomic E-state index is 12.2. The molecule has 1 fully saturated rings. The van der Waals surface area contributed by atoms with Gasteiger partial charge < -0.3 is 10.2 Å². The van der Waals surface area contributed by atoms with E-state index in [1.807, 2.05) is 0 Å². The number of H-pyrrole nitrogens is 1. The largest absolute Gasteiger partial charge is 0.381 e. The van der Waals surface area contributed by atoms with Crippen molar-refractivity contribution in [2.24, 2.45) is 0 Å². The van der Waals surface area contributed by atoms with Crippen molar-refractivity contribution < 1.29 is 4.74 Å². The van der Waals surface area contributed by atoms with Crippen LogP contribution >= 0.6 is 0 Å². The highest BCUT2D eigenvalue weighted by atomic mass is 16.5. The molecule has 0 unspecified atom stereocenters. The quantitative estimate of drug-likeness (QED) is 0.691. The number of hydrogen-bond acceptors (Lipinski definition) is 5. The van der Waals surface area contributed by atoms with Gasteiger partial charge in [-0.1, -0.05) is 0 Å². The third-order valence-corrected chi connectivity index (χ3v) is 3.60. The molecule has 0 radical (unpaired) electrons. The van der Waals surface area contributed by atoms with Gasteiger partial charge in [-0.3, -0.25) is 14.2 Å². The molecule has 0 atom stereocenters. The predicted octanol–water partition coefficient (Wildman–Crippen LogP) is 0.0948. The zero-order valence-corrected chi connectivity index (χ0v) is 10.7. The van der Waals surface area contributed by atoms with Crippen molar-refractivity contribution in [1.29, 1.82) is 0 Å². The SMILES string of the molecule is O=c1[nH]c2nccn2c2ncn(NC3CCOCC3)c12. The molecular weight excluding hydrogens is 260 g/mol. The molecule has 4 heterocycles. The molecular formula is C12H14N6O2. The van der Waals surface area contributed by atoms with Crippen LogP contribution in [-0.4, -0.2) is 43.3 Å². The fraction of sp³-hybridized carbons (Fsp3) is 0.417. The molecule has 0 aromatic carbocycles. The van der Waals surface area contributed by atoms with Gasteiger partial charge in [0.25, 0.3) is 5.56 Å². The fourth-order valence-corrected chi connectivity index (χ4v) is 2.58. The van der Waals surface area contributed by atoms with Gasteiger partial charge in [-0.25, -0.2) is 14.6 Å². The summed E-state index contributed by atoms with van der Waals surface area (Å²) in [7, 11) is 0. The van der Waals surface area contributed by atoms with Crippen LogP contribution in [0.1, 0.15) is 12.8 Å². The van der Waals surface area contributed by atoms with Gasteiger partial charge in [0.1, 0.15) is 6.33 Å². The van der Waals surface area contributed by atoms with Crippen LogP contribution in [0.15, 0.2) is 23.5 Å². The number of nitrogens with one attached hydrogen (secondary N) is 2. The summed E-state index contributed by atoms with van der Waals surface area (Å²) in [6.07, 6.45) is 6.89. The van der Waals surface area contributed by atoms with E-state index in [1.165, 1.54) is 0 Å². The van der Waals surface area contributed by atoms with E-state index in [1.54, 1.807) is 27.8 Å². The zero-order valence-electron chi connectivity index (χ0n) is 10.7. The van der Waals surface area contributed by atoms with E-state index in [4.69, 9.17) is 4.74 Å². The van der Waals surface area contributed by atoms with Crippen LogP contribution < -0.4 is 11.0 Å². The summed E-state index contributed by atoms with van der Waals surface area (Å²) in [5, 5.41) is 0. The topological polar surface area (TPSA) is 89.2 Å². The van der Waals surface area contributed by atoms with Gasteiger partial charge in [-0.15, -0.1) is 0 Å². The van der Waals surface area contributed by atoms with Crippen LogP contribution in [0.25, 0.3) is 16.9 Å². The number of rotatable bonds is 2. The average molecular weight is 274 g/mol. The molecule has 20 heavy (non-hydrogen) atoms. The van der Waals surface area contributed by atoms with Crippen molar-refractivity contribution in [2.45, 2.75) is 18.9 Å². The first-order valence-electron chi connectivity index (χ1n) is 6.59. The lowest BCUT2D eigenvalue weighted by Crippen LogP contribution is -2.34. The fourth-order valence-electron chi connectivity index (χ4n) is 2.58. The maximum Gasteiger partial charge on any atom is 0.280 e. The highest BCUT2D eigenvalue weighted by Crippen LogP contribution is 2.12. The minimum Gasteiger partial charge on any atom is -0.381 e. The highest BCUT2D eigenvalue weighted by Gasteiger charge is 2.17. The van der Waals surface area contributed by atoms with Gasteiger partial charge in [0.2, 0.25) is 5.78 Å². The highest BCUT2D eigenvalue weighted by molar-refractivity contribution is 5.73. The van der Waals surface area contributed by atoms with Crippen molar-refractivity contribution in [2.75, 3.05) is 18.6 Å². The van der Waals surface area contributed by atoms with Gasteiger partial charge >= 0.3 is 0 Å². The van der Waals surface area contributed by atoms with E-state index >= 15 is 0 Å². The third kappa shape index (κ3) is 1.68. The normalized spacial score (nSPS) is 17.0. The summed E-state index contributed by atoms with van der Waals surface area (Å²) in [6, 6.07) is 0.291. The predicted molar refractivity (Wildman–Crippen MR) is 72.3 cm³/mol. The Morgan fingerprint density at radius 3 is 3.05 bits per heavy atom. The van der Waals surface area contributed by atoms with Gasteiger partial charge in [0.05, 0.1) is 0 Å². The number of fused-ring (bicyclic) bond motifs is 3. The molecule has 0 spiro atoms. The number of imidazole rings is 2. The van der Waals surface area contributed by atoms with Gasteiger partial charge in [-0.05, 0) is 12.8 Å². The number of nitrogens with zero attached hydrogens (tertiary/aromatic N) is 4. The van der Waals surface area contributed by atoms with Gasteiger partial charge in [0, 0.05) is 31.6 Å². The Labute approximate surface area is 113 Å². The number of hydrogen-bond donors (Lipinski definition) is 2. The molecule has 2 N–H and O–H groups in total. The Morgan fingerprint density at radius 1 is 1.35 bits per heavy atom. The van der Waals surface area contributed by atoms with Crippen LogP contribution in [0.5, 0.6) is 0 Å². The first-order chi connectivity index (χ1) is 9.83. The summed E-state index contributed by atoms with van der Waals surface area (Å²) >= 11 is 0. The smallest absolute Gasteiger partial charge is 0.280 e. The first kappa shape index (κ1) is 11.5. The van der Waals surface area contributed by atoms with E-state index in [9.17, 15) is 4.79 Å². The second-order valence-electron chi connectivity index (χ2n) is 4.88. The van der Waals surface area contributed by atoms with E-state index < -0.39 is 0 Å².